The van der Waals surface area contributed by atoms with E-state index in [1.54, 1.807) is 0 Å². The van der Waals surface area contributed by atoms with Crippen LogP contribution in [-0.4, -0.2) is 34.9 Å². The van der Waals surface area contributed by atoms with Crippen LogP contribution in [0.25, 0.3) is 112 Å². The van der Waals surface area contributed by atoms with Crippen LogP contribution in [0.5, 0.6) is 0 Å². The summed E-state index contributed by atoms with van der Waals surface area (Å²) < 4.78 is 0. The summed E-state index contributed by atoms with van der Waals surface area (Å²) in [5.74, 6) is 1.67. The van der Waals surface area contributed by atoms with Gasteiger partial charge >= 0.3 is 0 Å². The van der Waals surface area contributed by atoms with Crippen molar-refractivity contribution in [3.8, 4) is 45.4 Å². The standard InChI is InChI=1S/C48H29N7/c1-2-13-31-35(24-27-49-40(31)17-3-1)47-53-46(54-48(55-47)36-25-28-50-41-18-8-6-14-32(36)41)34-22-23-39(44-33(34)16-10-26-51-44)45-38-21-20-29-11-4-5-12-30(29)43(38)37-15-7-9-19-42(37)52-45/h2-28H,1H2. The predicted octanol–water partition coefficient (Wildman–Crippen LogP) is 11.3. The lowest BCUT2D eigenvalue weighted by atomic mass is 9.93. The van der Waals surface area contributed by atoms with E-state index in [-0.39, 0.29) is 0 Å². The van der Waals surface area contributed by atoms with Crippen LogP contribution < -0.4 is 0 Å². The van der Waals surface area contributed by atoms with Gasteiger partial charge in [0.05, 0.1) is 27.9 Å². The average molecular weight is 704 g/mol. The van der Waals surface area contributed by atoms with Gasteiger partial charge in [-0.05, 0) is 65.7 Å². The number of nitrogens with zero attached hydrogens (tertiary/aromatic N) is 7. The molecule has 0 amide bonds. The molecule has 5 aromatic heterocycles. The van der Waals surface area contributed by atoms with Gasteiger partial charge in [0.15, 0.2) is 17.5 Å². The maximum Gasteiger partial charge on any atom is 0.164 e. The largest absolute Gasteiger partial charge is 0.256 e. The molecule has 11 rings (SSSR count). The lowest BCUT2D eigenvalue weighted by molar-refractivity contribution is 1.07. The first-order valence-electron chi connectivity index (χ1n) is 18.3. The van der Waals surface area contributed by atoms with E-state index >= 15 is 0 Å². The molecular weight excluding hydrogens is 675 g/mol. The highest BCUT2D eigenvalue weighted by molar-refractivity contribution is 6.23. The Morgan fingerprint density at radius 1 is 0.400 bits per heavy atom. The highest BCUT2D eigenvalue weighted by atomic mass is 15.0. The smallest absolute Gasteiger partial charge is 0.164 e. The molecule has 0 saturated heterocycles. The van der Waals surface area contributed by atoms with Crippen LogP contribution in [0.3, 0.4) is 0 Å². The highest BCUT2D eigenvalue weighted by Crippen LogP contribution is 2.41. The van der Waals surface area contributed by atoms with Gasteiger partial charge in [0, 0.05) is 73.3 Å². The third kappa shape index (κ3) is 5.09. The van der Waals surface area contributed by atoms with Gasteiger partial charge in [-0.15, -0.1) is 0 Å². The molecule has 0 saturated carbocycles. The number of allylic oxidation sites excluding steroid dienone is 2. The molecule has 1 aliphatic rings. The number of para-hydroxylation sites is 2. The number of aromatic nitrogens is 7. The summed E-state index contributed by atoms with van der Waals surface area (Å²) in [7, 11) is 0. The molecule has 7 heteroatoms. The number of hydrogen-bond donors (Lipinski definition) is 0. The molecule has 0 radical (unpaired) electrons. The number of hydrogen-bond acceptors (Lipinski definition) is 7. The fourth-order valence-electron chi connectivity index (χ4n) is 7.95. The molecule has 0 N–H and O–H groups in total. The summed E-state index contributed by atoms with van der Waals surface area (Å²) >= 11 is 0. The molecule has 0 aliphatic heterocycles. The van der Waals surface area contributed by atoms with Crippen LogP contribution in [0.1, 0.15) is 17.7 Å². The van der Waals surface area contributed by atoms with E-state index in [0.717, 1.165) is 83.7 Å². The lowest BCUT2D eigenvalue weighted by Crippen LogP contribution is -2.03. The number of pyridine rings is 4. The molecule has 0 atom stereocenters. The van der Waals surface area contributed by atoms with E-state index in [0.29, 0.717) is 17.5 Å². The molecule has 55 heavy (non-hydrogen) atoms. The molecule has 5 heterocycles. The van der Waals surface area contributed by atoms with Crippen molar-refractivity contribution in [1.82, 2.24) is 34.9 Å². The number of benzene rings is 5. The molecule has 0 spiro atoms. The summed E-state index contributed by atoms with van der Waals surface area (Å²) in [5.41, 5.74) is 8.92. The quantitative estimate of drug-likeness (QED) is 0.169. The first-order valence-corrected chi connectivity index (χ1v) is 18.3. The molecule has 0 fully saturated rings. The van der Waals surface area contributed by atoms with Crippen molar-refractivity contribution in [2.45, 2.75) is 6.42 Å². The monoisotopic (exact) mass is 703 g/mol. The van der Waals surface area contributed by atoms with Gasteiger partial charge < -0.3 is 0 Å². The Morgan fingerprint density at radius 3 is 1.96 bits per heavy atom. The van der Waals surface area contributed by atoms with Crippen LogP contribution in [0.4, 0.5) is 0 Å². The zero-order valence-corrected chi connectivity index (χ0v) is 29.4. The summed E-state index contributed by atoms with van der Waals surface area (Å²) in [4.78, 5) is 35.2. The van der Waals surface area contributed by atoms with Gasteiger partial charge in [-0.25, -0.2) is 19.9 Å². The minimum atomic E-state index is 0.548. The Balaban J connectivity index is 1.18. The van der Waals surface area contributed by atoms with E-state index < -0.39 is 0 Å². The Kier molecular flexibility index (Phi) is 7.10. The maximum atomic E-state index is 5.31. The topological polar surface area (TPSA) is 90.2 Å². The predicted molar refractivity (Wildman–Crippen MR) is 223 cm³/mol. The zero-order valence-electron chi connectivity index (χ0n) is 29.4. The summed E-state index contributed by atoms with van der Waals surface area (Å²) in [5, 5.41) is 7.66. The molecule has 256 valence electrons. The summed E-state index contributed by atoms with van der Waals surface area (Å²) in [6.07, 6.45) is 14.7. The minimum absolute atomic E-state index is 0.548. The molecule has 7 nitrogen and oxygen atoms in total. The molecule has 5 aromatic carbocycles. The third-order valence-corrected chi connectivity index (χ3v) is 10.5. The van der Waals surface area contributed by atoms with Gasteiger partial charge in [0.1, 0.15) is 0 Å². The SMILES string of the molecule is C1=Cc2nccc(-c3nc(-c4ccnc5ccccc45)nc(-c4ccc(-c5nc6ccccc6c6c5ccc5ccccc56)c5ncccc45)n3)c2C=CC1. The van der Waals surface area contributed by atoms with E-state index in [4.69, 9.17) is 24.9 Å². The molecule has 0 unspecified atom stereocenters. The van der Waals surface area contributed by atoms with Crippen molar-refractivity contribution in [3.05, 3.63) is 163 Å². The van der Waals surface area contributed by atoms with Crippen LogP contribution in [0.15, 0.2) is 152 Å². The second kappa shape index (κ2) is 12.6. The first-order chi connectivity index (χ1) is 27.3. The Bertz CT molecular complexity index is 3240. The van der Waals surface area contributed by atoms with E-state index in [1.807, 2.05) is 61.1 Å². The Morgan fingerprint density at radius 2 is 1.07 bits per heavy atom. The van der Waals surface area contributed by atoms with Gasteiger partial charge in [0.25, 0.3) is 0 Å². The summed E-state index contributed by atoms with van der Waals surface area (Å²) in [6.45, 7) is 0. The molecule has 0 bridgehead atoms. The van der Waals surface area contributed by atoms with Crippen LogP contribution in [-0.2, 0) is 0 Å². The van der Waals surface area contributed by atoms with E-state index in [9.17, 15) is 0 Å². The molecular formula is C48H29N7. The number of fused-ring (bicyclic) bond motifs is 8. The summed E-state index contributed by atoms with van der Waals surface area (Å²) in [6, 6.07) is 41.6. The van der Waals surface area contributed by atoms with Crippen molar-refractivity contribution in [1.29, 1.82) is 0 Å². The van der Waals surface area contributed by atoms with Crippen molar-refractivity contribution in [3.63, 3.8) is 0 Å². The second-order valence-corrected chi connectivity index (χ2v) is 13.6. The Hall–Kier alpha value is -7.51. The molecule has 10 aromatic rings. The van der Waals surface area contributed by atoms with Gasteiger partial charge in [-0.3, -0.25) is 15.0 Å². The minimum Gasteiger partial charge on any atom is -0.256 e. The van der Waals surface area contributed by atoms with Crippen molar-refractivity contribution < 1.29 is 0 Å². The van der Waals surface area contributed by atoms with Gasteiger partial charge in [-0.1, -0.05) is 97.1 Å². The maximum absolute atomic E-state index is 5.31. The van der Waals surface area contributed by atoms with Crippen LogP contribution >= 0.6 is 0 Å². The van der Waals surface area contributed by atoms with Gasteiger partial charge in [-0.2, -0.15) is 0 Å². The van der Waals surface area contributed by atoms with Crippen molar-refractivity contribution >= 4 is 66.4 Å². The van der Waals surface area contributed by atoms with E-state index in [2.05, 4.69) is 113 Å². The van der Waals surface area contributed by atoms with Crippen LogP contribution in [0, 0.1) is 0 Å². The van der Waals surface area contributed by atoms with Crippen LogP contribution in [0.2, 0.25) is 0 Å². The second-order valence-electron chi connectivity index (χ2n) is 13.6. The fraction of sp³-hybridized carbons (Fsp3) is 0.0208. The normalized spacial score (nSPS) is 12.5. The fourth-order valence-corrected chi connectivity index (χ4v) is 7.95. The third-order valence-electron chi connectivity index (χ3n) is 10.5. The van der Waals surface area contributed by atoms with Crippen molar-refractivity contribution in [2.75, 3.05) is 0 Å². The zero-order chi connectivity index (χ0) is 36.3. The van der Waals surface area contributed by atoms with Gasteiger partial charge in [0.2, 0.25) is 0 Å². The van der Waals surface area contributed by atoms with E-state index in [1.165, 1.54) is 16.2 Å². The number of rotatable bonds is 4. The first kappa shape index (κ1) is 31.1. The van der Waals surface area contributed by atoms with Crippen molar-refractivity contribution in [2.24, 2.45) is 0 Å². The average Bonchev–Trinajstić information content (AvgIpc) is 3.51. The highest BCUT2D eigenvalue weighted by Gasteiger charge is 2.21. The molecule has 1 aliphatic carbocycles. The Labute approximate surface area is 315 Å². The lowest BCUT2D eigenvalue weighted by Gasteiger charge is -2.16.